The first kappa shape index (κ1) is 18.9. The van der Waals surface area contributed by atoms with E-state index in [-0.39, 0.29) is 11.7 Å². The van der Waals surface area contributed by atoms with Crippen LogP contribution in [0.15, 0.2) is 36.4 Å². The number of hydrogen-bond acceptors (Lipinski definition) is 4. The standard InChI is InChI=1S/C19H19ClFNO3S/c20-15-10-14(11-17-18(15)25-8-3-7-24-17)19(23)22-6-9-26-12-13-4-1-2-5-16(13)21/h1-2,4-5,10-11H,3,6-9,12H2,(H,22,23). The highest BCUT2D eigenvalue weighted by molar-refractivity contribution is 7.98. The zero-order valence-corrected chi connectivity index (χ0v) is 15.7. The summed E-state index contributed by atoms with van der Waals surface area (Å²) in [5.74, 6) is 1.80. The maximum atomic E-state index is 13.5. The van der Waals surface area contributed by atoms with Gasteiger partial charge in [0.15, 0.2) is 11.5 Å². The van der Waals surface area contributed by atoms with Crippen molar-refractivity contribution in [3.8, 4) is 11.5 Å². The molecule has 0 aromatic heterocycles. The second-order valence-electron chi connectivity index (χ2n) is 5.74. The smallest absolute Gasteiger partial charge is 0.251 e. The molecule has 0 radical (unpaired) electrons. The Bertz CT molecular complexity index is 787. The molecule has 7 heteroatoms. The van der Waals surface area contributed by atoms with E-state index in [1.165, 1.54) is 6.07 Å². The van der Waals surface area contributed by atoms with Crippen molar-refractivity contribution >= 4 is 29.3 Å². The van der Waals surface area contributed by atoms with Crippen LogP contribution in [-0.4, -0.2) is 31.4 Å². The Morgan fingerprint density at radius 1 is 1.23 bits per heavy atom. The number of carbonyl (C=O) groups excluding carboxylic acids is 1. The van der Waals surface area contributed by atoms with E-state index in [1.54, 1.807) is 36.0 Å². The zero-order valence-electron chi connectivity index (χ0n) is 14.1. The first-order chi connectivity index (χ1) is 12.6. The van der Waals surface area contributed by atoms with E-state index in [0.29, 0.717) is 58.9 Å². The summed E-state index contributed by atoms with van der Waals surface area (Å²) >= 11 is 7.77. The van der Waals surface area contributed by atoms with Gasteiger partial charge in [0.25, 0.3) is 5.91 Å². The second-order valence-corrected chi connectivity index (χ2v) is 7.25. The van der Waals surface area contributed by atoms with E-state index in [1.807, 2.05) is 6.07 Å². The maximum Gasteiger partial charge on any atom is 0.251 e. The number of amides is 1. The molecule has 0 atom stereocenters. The number of carbonyl (C=O) groups is 1. The van der Waals surface area contributed by atoms with E-state index in [0.717, 1.165) is 6.42 Å². The SMILES string of the molecule is O=C(NCCSCc1ccccc1F)c1cc(Cl)c2c(c1)OCCCO2. The molecule has 0 bridgehead atoms. The molecule has 1 amide bonds. The van der Waals surface area contributed by atoms with Crippen molar-refractivity contribution in [1.29, 1.82) is 0 Å². The Balaban J connectivity index is 1.50. The van der Waals surface area contributed by atoms with Gasteiger partial charge in [-0.05, 0) is 23.8 Å². The highest BCUT2D eigenvalue weighted by atomic mass is 35.5. The number of fused-ring (bicyclic) bond motifs is 1. The highest BCUT2D eigenvalue weighted by Gasteiger charge is 2.18. The van der Waals surface area contributed by atoms with Crippen LogP contribution in [0.4, 0.5) is 4.39 Å². The van der Waals surface area contributed by atoms with Gasteiger partial charge in [-0.25, -0.2) is 4.39 Å². The monoisotopic (exact) mass is 395 g/mol. The van der Waals surface area contributed by atoms with E-state index < -0.39 is 0 Å². The van der Waals surface area contributed by atoms with Crippen LogP contribution < -0.4 is 14.8 Å². The quantitative estimate of drug-likeness (QED) is 0.740. The third-order valence-corrected chi connectivity index (χ3v) is 5.10. The molecule has 1 aliphatic rings. The van der Waals surface area contributed by atoms with Crippen molar-refractivity contribution in [2.45, 2.75) is 12.2 Å². The predicted molar refractivity (Wildman–Crippen MR) is 102 cm³/mol. The fourth-order valence-electron chi connectivity index (χ4n) is 2.50. The summed E-state index contributed by atoms with van der Waals surface area (Å²) < 4.78 is 24.7. The zero-order chi connectivity index (χ0) is 18.4. The van der Waals surface area contributed by atoms with Crippen molar-refractivity contribution in [1.82, 2.24) is 5.32 Å². The minimum absolute atomic E-state index is 0.203. The number of rotatable bonds is 6. The fraction of sp³-hybridized carbons (Fsp3) is 0.316. The summed E-state index contributed by atoms with van der Waals surface area (Å²) in [6.45, 7) is 1.54. The number of halogens is 2. The summed E-state index contributed by atoms with van der Waals surface area (Å²) in [5.41, 5.74) is 1.09. The third kappa shape index (κ3) is 4.83. The van der Waals surface area contributed by atoms with E-state index >= 15 is 0 Å². The van der Waals surface area contributed by atoms with Crippen LogP contribution in [-0.2, 0) is 5.75 Å². The van der Waals surface area contributed by atoms with Crippen molar-refractivity contribution < 1.29 is 18.7 Å². The van der Waals surface area contributed by atoms with Crippen molar-refractivity contribution in [2.24, 2.45) is 0 Å². The van der Waals surface area contributed by atoms with Gasteiger partial charge in [-0.2, -0.15) is 11.8 Å². The predicted octanol–water partition coefficient (Wildman–Crippen LogP) is 4.30. The minimum atomic E-state index is -0.228. The molecule has 1 N–H and O–H groups in total. The topological polar surface area (TPSA) is 47.6 Å². The van der Waals surface area contributed by atoms with Crippen molar-refractivity contribution in [3.05, 3.63) is 58.4 Å². The van der Waals surface area contributed by atoms with Gasteiger partial charge in [0.05, 0.1) is 18.2 Å². The van der Waals surface area contributed by atoms with Gasteiger partial charge in [-0.15, -0.1) is 0 Å². The van der Waals surface area contributed by atoms with Gasteiger partial charge >= 0.3 is 0 Å². The molecule has 4 nitrogen and oxygen atoms in total. The lowest BCUT2D eigenvalue weighted by molar-refractivity contribution is 0.0955. The molecule has 1 heterocycles. The van der Waals surface area contributed by atoms with Gasteiger partial charge in [-0.3, -0.25) is 4.79 Å². The summed E-state index contributed by atoms with van der Waals surface area (Å²) in [7, 11) is 0. The van der Waals surface area contributed by atoms with Gasteiger partial charge in [0, 0.05) is 30.0 Å². The molecule has 3 rings (SSSR count). The van der Waals surface area contributed by atoms with E-state index in [9.17, 15) is 9.18 Å². The van der Waals surface area contributed by atoms with Crippen molar-refractivity contribution in [2.75, 3.05) is 25.5 Å². The van der Waals surface area contributed by atoms with Crippen LogP contribution in [0.1, 0.15) is 22.3 Å². The lowest BCUT2D eigenvalue weighted by Gasteiger charge is -2.12. The Labute approximate surface area is 161 Å². The summed E-state index contributed by atoms with van der Waals surface area (Å²) in [6, 6.07) is 9.93. The molecule has 0 saturated carbocycles. The van der Waals surface area contributed by atoms with Crippen molar-refractivity contribution in [3.63, 3.8) is 0 Å². The molecule has 1 aliphatic heterocycles. The number of ether oxygens (including phenoxy) is 2. The molecule has 2 aromatic carbocycles. The average molecular weight is 396 g/mol. The molecule has 138 valence electrons. The highest BCUT2D eigenvalue weighted by Crippen LogP contribution is 2.37. The van der Waals surface area contributed by atoms with Gasteiger partial charge < -0.3 is 14.8 Å². The first-order valence-corrected chi connectivity index (χ1v) is 9.87. The molecule has 0 saturated heterocycles. The Kier molecular flexibility index (Phi) is 6.63. The summed E-state index contributed by atoms with van der Waals surface area (Å²) in [4.78, 5) is 12.3. The van der Waals surface area contributed by atoms with Gasteiger partial charge in [0.1, 0.15) is 5.82 Å². The maximum absolute atomic E-state index is 13.5. The van der Waals surface area contributed by atoms with Crippen LogP contribution in [0.3, 0.4) is 0 Å². The molecule has 2 aromatic rings. The molecular weight excluding hydrogens is 377 g/mol. The van der Waals surface area contributed by atoms with Crippen LogP contribution >= 0.6 is 23.4 Å². The number of thioether (sulfide) groups is 1. The lowest BCUT2D eigenvalue weighted by atomic mass is 10.2. The number of nitrogens with one attached hydrogen (secondary N) is 1. The number of hydrogen-bond donors (Lipinski definition) is 1. The molecule has 0 fully saturated rings. The Morgan fingerprint density at radius 3 is 2.88 bits per heavy atom. The van der Waals surface area contributed by atoms with Crippen LogP contribution in [0.2, 0.25) is 5.02 Å². The molecular formula is C19H19ClFNO3S. The summed E-state index contributed by atoms with van der Waals surface area (Å²) in [5, 5.41) is 3.21. The van der Waals surface area contributed by atoms with E-state index in [4.69, 9.17) is 21.1 Å². The average Bonchev–Trinajstić information content (AvgIpc) is 2.88. The number of benzene rings is 2. The first-order valence-electron chi connectivity index (χ1n) is 8.33. The lowest BCUT2D eigenvalue weighted by Crippen LogP contribution is -2.25. The van der Waals surface area contributed by atoms with Crippen LogP contribution in [0.5, 0.6) is 11.5 Å². The summed E-state index contributed by atoms with van der Waals surface area (Å²) in [6.07, 6.45) is 0.770. The largest absolute Gasteiger partial charge is 0.489 e. The molecule has 0 spiro atoms. The van der Waals surface area contributed by atoms with Gasteiger partial charge in [0.2, 0.25) is 0 Å². The molecule has 26 heavy (non-hydrogen) atoms. The Hall–Kier alpha value is -1.92. The normalized spacial score (nSPS) is 13.2. The van der Waals surface area contributed by atoms with Crippen LogP contribution in [0.25, 0.3) is 0 Å². The van der Waals surface area contributed by atoms with Gasteiger partial charge in [-0.1, -0.05) is 29.8 Å². The molecule has 0 aliphatic carbocycles. The minimum Gasteiger partial charge on any atom is -0.489 e. The fourth-order valence-corrected chi connectivity index (χ4v) is 3.61. The second kappa shape index (κ2) is 9.14. The van der Waals surface area contributed by atoms with Crippen LogP contribution in [0, 0.1) is 5.82 Å². The third-order valence-electron chi connectivity index (χ3n) is 3.81. The Morgan fingerprint density at radius 2 is 2.04 bits per heavy atom. The molecule has 0 unspecified atom stereocenters. The van der Waals surface area contributed by atoms with E-state index in [2.05, 4.69) is 5.32 Å².